The smallest absolute Gasteiger partial charge is 0.338 e. The van der Waals surface area contributed by atoms with Crippen LogP contribution in [0.15, 0.2) is 48.3 Å². The molecule has 0 heterocycles. The van der Waals surface area contributed by atoms with Gasteiger partial charge in [0.05, 0.1) is 16.2 Å². The molecule has 0 aromatic heterocycles. The third-order valence-corrected chi connectivity index (χ3v) is 5.19. The first kappa shape index (κ1) is 19.1. The maximum Gasteiger partial charge on any atom is 0.338 e. The van der Waals surface area contributed by atoms with E-state index >= 15 is 0 Å². The number of allylic oxidation sites excluding steroid dienone is 3. The van der Waals surface area contributed by atoms with Crippen LogP contribution in [0, 0.1) is 20.9 Å². The molecule has 2 bridgehead atoms. The monoisotopic (exact) mass is 371 g/mol. The van der Waals surface area contributed by atoms with Gasteiger partial charge in [0.2, 0.25) is 0 Å². The SMILES string of the molecule is C=C1CC2(C)C=C(OCCOC(=O)c3ccc([N+](=O)[O-])cc3)CC(C)(C1)C2. The van der Waals surface area contributed by atoms with Gasteiger partial charge in [-0.25, -0.2) is 4.79 Å². The standard InChI is InChI=1S/C21H25NO5/c1-15-10-20(2)12-18(13-21(3,11-15)14-20)26-8-9-27-19(23)16-4-6-17(7-5-16)22(24)25/h4-7,12H,1,8-11,13-14H2,2-3H3. The first-order chi connectivity index (χ1) is 12.7. The molecule has 6 nitrogen and oxygen atoms in total. The normalized spacial score (nSPS) is 26.9. The van der Waals surface area contributed by atoms with E-state index in [1.54, 1.807) is 0 Å². The molecule has 3 rings (SSSR count). The fourth-order valence-electron chi connectivity index (χ4n) is 4.63. The summed E-state index contributed by atoms with van der Waals surface area (Å²) in [5.41, 5.74) is 1.80. The zero-order valence-corrected chi connectivity index (χ0v) is 15.8. The molecule has 6 heteroatoms. The van der Waals surface area contributed by atoms with Crippen LogP contribution in [0.2, 0.25) is 0 Å². The molecule has 2 atom stereocenters. The van der Waals surface area contributed by atoms with Crippen LogP contribution in [0.4, 0.5) is 5.69 Å². The lowest BCUT2D eigenvalue weighted by molar-refractivity contribution is -0.384. The highest BCUT2D eigenvalue weighted by atomic mass is 16.6. The first-order valence-electron chi connectivity index (χ1n) is 9.11. The molecule has 1 fully saturated rings. The molecular formula is C21H25NO5. The van der Waals surface area contributed by atoms with Crippen molar-refractivity contribution in [3.63, 3.8) is 0 Å². The maximum absolute atomic E-state index is 12.0. The van der Waals surface area contributed by atoms with Crippen LogP contribution in [-0.4, -0.2) is 24.1 Å². The molecule has 144 valence electrons. The second-order valence-corrected chi connectivity index (χ2v) is 8.32. The van der Waals surface area contributed by atoms with E-state index in [9.17, 15) is 14.9 Å². The van der Waals surface area contributed by atoms with Gasteiger partial charge in [0.1, 0.15) is 13.2 Å². The molecule has 2 unspecified atom stereocenters. The highest BCUT2D eigenvalue weighted by Crippen LogP contribution is 2.55. The number of fused-ring (bicyclic) bond motifs is 2. The van der Waals surface area contributed by atoms with Crippen molar-refractivity contribution in [2.24, 2.45) is 10.8 Å². The number of hydrogen-bond donors (Lipinski definition) is 0. The quantitative estimate of drug-likeness (QED) is 0.236. The number of ether oxygens (including phenoxy) is 2. The van der Waals surface area contributed by atoms with E-state index in [0.717, 1.165) is 31.4 Å². The third kappa shape index (κ3) is 4.56. The highest BCUT2D eigenvalue weighted by molar-refractivity contribution is 5.89. The molecule has 2 aliphatic carbocycles. The van der Waals surface area contributed by atoms with Gasteiger partial charge in [0.15, 0.2) is 0 Å². The molecule has 1 aromatic rings. The predicted octanol–water partition coefficient (Wildman–Crippen LogP) is 4.81. The summed E-state index contributed by atoms with van der Waals surface area (Å²) in [7, 11) is 0. The number of rotatable bonds is 6. The Balaban J connectivity index is 1.50. The van der Waals surface area contributed by atoms with Crippen molar-refractivity contribution in [3.8, 4) is 0 Å². The molecule has 0 saturated heterocycles. The van der Waals surface area contributed by atoms with E-state index in [2.05, 4.69) is 26.5 Å². The number of hydrogen-bond acceptors (Lipinski definition) is 5. The van der Waals surface area contributed by atoms with Crippen LogP contribution in [0.3, 0.4) is 0 Å². The van der Waals surface area contributed by atoms with E-state index in [1.165, 1.54) is 29.8 Å². The lowest BCUT2D eigenvalue weighted by atomic mass is 9.57. The van der Waals surface area contributed by atoms with Crippen molar-refractivity contribution in [1.29, 1.82) is 0 Å². The number of carbonyl (C=O) groups is 1. The molecule has 0 N–H and O–H groups in total. The molecule has 2 aliphatic rings. The van der Waals surface area contributed by atoms with Gasteiger partial charge in [-0.1, -0.05) is 26.0 Å². The summed E-state index contributed by atoms with van der Waals surface area (Å²) in [6.45, 7) is 9.13. The number of nitro benzene ring substituents is 1. The zero-order chi connectivity index (χ0) is 19.7. The van der Waals surface area contributed by atoms with Crippen molar-refractivity contribution in [2.75, 3.05) is 13.2 Å². The molecular weight excluding hydrogens is 346 g/mol. The second kappa shape index (κ2) is 7.18. The number of non-ortho nitro benzene ring substituents is 1. The average Bonchev–Trinajstić information content (AvgIpc) is 2.55. The number of esters is 1. The summed E-state index contributed by atoms with van der Waals surface area (Å²) < 4.78 is 11.1. The van der Waals surface area contributed by atoms with Crippen LogP contribution in [0.25, 0.3) is 0 Å². The summed E-state index contributed by atoms with van der Waals surface area (Å²) in [6.07, 6.45) is 6.24. The molecule has 0 amide bonds. The predicted molar refractivity (Wildman–Crippen MR) is 101 cm³/mol. The second-order valence-electron chi connectivity index (χ2n) is 8.32. The summed E-state index contributed by atoms with van der Waals surface area (Å²) in [5.74, 6) is 0.448. The van der Waals surface area contributed by atoms with E-state index in [0.29, 0.717) is 0 Å². The minimum atomic E-state index is -0.516. The van der Waals surface area contributed by atoms with Crippen molar-refractivity contribution in [1.82, 2.24) is 0 Å². The van der Waals surface area contributed by atoms with Gasteiger partial charge in [-0.3, -0.25) is 10.1 Å². The van der Waals surface area contributed by atoms with E-state index in [1.807, 2.05) is 0 Å². The van der Waals surface area contributed by atoms with E-state index in [4.69, 9.17) is 9.47 Å². The van der Waals surface area contributed by atoms with E-state index < -0.39 is 10.9 Å². The van der Waals surface area contributed by atoms with Gasteiger partial charge >= 0.3 is 5.97 Å². The largest absolute Gasteiger partial charge is 0.495 e. The van der Waals surface area contributed by atoms with Crippen LogP contribution >= 0.6 is 0 Å². The number of carbonyl (C=O) groups excluding carboxylic acids is 1. The third-order valence-electron chi connectivity index (χ3n) is 5.19. The Labute approximate surface area is 159 Å². The Hall–Kier alpha value is -2.63. The van der Waals surface area contributed by atoms with Gasteiger partial charge in [-0.15, -0.1) is 0 Å². The van der Waals surface area contributed by atoms with Gasteiger partial charge in [-0.2, -0.15) is 0 Å². The first-order valence-corrected chi connectivity index (χ1v) is 9.11. The van der Waals surface area contributed by atoms with Crippen molar-refractivity contribution in [2.45, 2.75) is 39.5 Å². The molecule has 0 aliphatic heterocycles. The Kier molecular flexibility index (Phi) is 5.09. The van der Waals surface area contributed by atoms with Crippen LogP contribution in [0.5, 0.6) is 0 Å². The van der Waals surface area contributed by atoms with Gasteiger partial charge < -0.3 is 9.47 Å². The number of nitro groups is 1. The van der Waals surface area contributed by atoms with Crippen LogP contribution in [-0.2, 0) is 9.47 Å². The minimum absolute atomic E-state index is 0.0608. The van der Waals surface area contributed by atoms with Gasteiger partial charge in [0, 0.05) is 18.6 Å². The Morgan fingerprint density at radius 2 is 1.89 bits per heavy atom. The maximum atomic E-state index is 12.0. The van der Waals surface area contributed by atoms with Crippen LogP contribution < -0.4 is 0 Å². The molecule has 1 aromatic carbocycles. The molecule has 27 heavy (non-hydrogen) atoms. The lowest BCUT2D eigenvalue weighted by Crippen LogP contribution is -2.37. The minimum Gasteiger partial charge on any atom is -0.495 e. The topological polar surface area (TPSA) is 78.7 Å². The van der Waals surface area contributed by atoms with E-state index in [-0.39, 0.29) is 35.3 Å². The summed E-state index contributed by atoms with van der Waals surface area (Å²) in [5, 5.41) is 10.6. The molecule has 0 spiro atoms. The fourth-order valence-corrected chi connectivity index (χ4v) is 4.63. The van der Waals surface area contributed by atoms with Crippen molar-refractivity contribution >= 4 is 11.7 Å². The summed E-state index contributed by atoms with van der Waals surface area (Å²) >= 11 is 0. The summed E-state index contributed by atoms with van der Waals surface area (Å²) in [4.78, 5) is 22.1. The Bertz CT molecular complexity index is 797. The lowest BCUT2D eigenvalue weighted by Gasteiger charge is -2.48. The van der Waals surface area contributed by atoms with Crippen molar-refractivity contribution in [3.05, 3.63) is 63.9 Å². The Morgan fingerprint density at radius 1 is 1.19 bits per heavy atom. The van der Waals surface area contributed by atoms with Crippen LogP contribution in [0.1, 0.15) is 49.9 Å². The zero-order valence-electron chi connectivity index (χ0n) is 15.8. The highest BCUT2D eigenvalue weighted by Gasteiger charge is 2.44. The average molecular weight is 371 g/mol. The number of benzene rings is 1. The van der Waals surface area contributed by atoms with Gasteiger partial charge in [-0.05, 0) is 48.3 Å². The van der Waals surface area contributed by atoms with Crippen molar-refractivity contribution < 1.29 is 19.2 Å². The molecule has 1 saturated carbocycles. The fraction of sp³-hybridized carbons (Fsp3) is 0.476. The Morgan fingerprint density at radius 3 is 2.52 bits per heavy atom. The van der Waals surface area contributed by atoms with Gasteiger partial charge in [0.25, 0.3) is 5.69 Å². The molecule has 0 radical (unpaired) electrons. The summed E-state index contributed by atoms with van der Waals surface area (Å²) in [6, 6.07) is 5.35. The number of nitrogens with zero attached hydrogens (tertiary/aromatic N) is 1.